The lowest BCUT2D eigenvalue weighted by atomic mass is 9.82. The van der Waals surface area contributed by atoms with E-state index in [2.05, 4.69) is 5.32 Å². The van der Waals surface area contributed by atoms with Crippen LogP contribution in [0, 0.1) is 11.7 Å². The average molecular weight is 253 g/mol. The van der Waals surface area contributed by atoms with Crippen molar-refractivity contribution >= 4 is 5.91 Å². The monoisotopic (exact) mass is 253 g/mol. The number of benzene rings is 1. The maximum Gasteiger partial charge on any atom is 0.257 e. The third-order valence-corrected chi connectivity index (χ3v) is 2.99. The van der Waals surface area contributed by atoms with Gasteiger partial charge in [-0.2, -0.15) is 0 Å². The Labute approximate surface area is 105 Å². The lowest BCUT2D eigenvalue weighted by molar-refractivity contribution is -0.123. The summed E-state index contributed by atoms with van der Waals surface area (Å²) < 4.78 is 18.2. The predicted molar refractivity (Wildman–Crippen MR) is 63.6 cm³/mol. The second kappa shape index (κ2) is 5.82. The lowest BCUT2D eigenvalue weighted by Gasteiger charge is -2.31. The molecule has 0 heterocycles. The largest absolute Gasteiger partial charge is 0.481 e. The van der Waals surface area contributed by atoms with Crippen molar-refractivity contribution in [1.29, 1.82) is 0 Å². The van der Waals surface area contributed by atoms with Gasteiger partial charge in [-0.15, -0.1) is 0 Å². The van der Waals surface area contributed by atoms with Crippen molar-refractivity contribution in [2.75, 3.05) is 13.2 Å². The zero-order valence-electron chi connectivity index (χ0n) is 9.93. The van der Waals surface area contributed by atoms with Gasteiger partial charge in [-0.25, -0.2) is 4.39 Å². The van der Waals surface area contributed by atoms with E-state index in [0.717, 1.165) is 12.8 Å². The molecule has 0 bridgehead atoms. The number of nitrogens with one attached hydrogen (secondary N) is 1. The van der Waals surface area contributed by atoms with E-state index in [1.165, 1.54) is 12.1 Å². The number of para-hydroxylation sites is 1. The average Bonchev–Trinajstić information content (AvgIpc) is 2.32. The number of ether oxygens (including phenoxy) is 1. The van der Waals surface area contributed by atoms with Crippen molar-refractivity contribution in [3.63, 3.8) is 0 Å². The molecule has 1 saturated carbocycles. The fraction of sp³-hybridized carbons (Fsp3) is 0.462. The van der Waals surface area contributed by atoms with Crippen LogP contribution in [0.2, 0.25) is 0 Å². The first-order chi connectivity index (χ1) is 8.65. The number of hydrogen-bond acceptors (Lipinski definition) is 3. The molecular formula is C13H16FNO3. The van der Waals surface area contributed by atoms with Crippen LogP contribution in [0.1, 0.15) is 12.8 Å². The summed E-state index contributed by atoms with van der Waals surface area (Å²) in [5.41, 5.74) is 0. The van der Waals surface area contributed by atoms with Gasteiger partial charge in [-0.1, -0.05) is 12.1 Å². The minimum atomic E-state index is -0.479. The van der Waals surface area contributed by atoms with E-state index in [0.29, 0.717) is 12.5 Å². The van der Waals surface area contributed by atoms with Crippen LogP contribution in [0.25, 0.3) is 0 Å². The van der Waals surface area contributed by atoms with Gasteiger partial charge in [-0.05, 0) is 30.9 Å². The highest BCUT2D eigenvalue weighted by atomic mass is 19.1. The van der Waals surface area contributed by atoms with E-state index < -0.39 is 5.82 Å². The van der Waals surface area contributed by atoms with Crippen molar-refractivity contribution < 1.29 is 19.0 Å². The highest BCUT2D eigenvalue weighted by Crippen LogP contribution is 2.26. The van der Waals surface area contributed by atoms with Gasteiger partial charge >= 0.3 is 0 Å². The minimum Gasteiger partial charge on any atom is -0.481 e. The summed E-state index contributed by atoms with van der Waals surface area (Å²) in [7, 11) is 0. The number of rotatable bonds is 5. The number of halogens is 1. The fourth-order valence-electron chi connectivity index (χ4n) is 1.88. The van der Waals surface area contributed by atoms with Gasteiger partial charge in [0.1, 0.15) is 0 Å². The first-order valence-electron chi connectivity index (χ1n) is 5.97. The molecule has 5 heteroatoms. The number of aliphatic hydroxyl groups is 1. The second-order valence-corrected chi connectivity index (χ2v) is 4.51. The van der Waals surface area contributed by atoms with E-state index in [9.17, 15) is 9.18 Å². The molecule has 2 rings (SSSR count). The van der Waals surface area contributed by atoms with Crippen molar-refractivity contribution in [3.8, 4) is 5.75 Å². The third-order valence-electron chi connectivity index (χ3n) is 2.99. The molecule has 0 radical (unpaired) electrons. The first-order valence-corrected chi connectivity index (χ1v) is 5.97. The molecule has 0 spiro atoms. The molecule has 2 N–H and O–H groups in total. The molecule has 0 saturated heterocycles. The SMILES string of the molecule is O=C(COc1ccccc1F)NCC1CC(O)C1. The molecule has 1 aliphatic carbocycles. The van der Waals surface area contributed by atoms with Gasteiger partial charge < -0.3 is 15.2 Å². The summed E-state index contributed by atoms with van der Waals surface area (Å²) >= 11 is 0. The molecular weight excluding hydrogens is 237 g/mol. The van der Waals surface area contributed by atoms with E-state index in [4.69, 9.17) is 9.84 Å². The zero-order valence-corrected chi connectivity index (χ0v) is 9.93. The number of carbonyl (C=O) groups is 1. The highest BCUT2D eigenvalue weighted by molar-refractivity contribution is 5.77. The van der Waals surface area contributed by atoms with Crippen LogP contribution >= 0.6 is 0 Å². The van der Waals surface area contributed by atoms with E-state index in [-0.39, 0.29) is 24.4 Å². The van der Waals surface area contributed by atoms with E-state index in [1.54, 1.807) is 12.1 Å². The van der Waals surface area contributed by atoms with Gasteiger partial charge in [0, 0.05) is 6.54 Å². The Morgan fingerprint density at radius 3 is 2.83 bits per heavy atom. The van der Waals surface area contributed by atoms with Crippen LogP contribution in [0.15, 0.2) is 24.3 Å². The van der Waals surface area contributed by atoms with Gasteiger partial charge in [0.05, 0.1) is 6.10 Å². The molecule has 4 nitrogen and oxygen atoms in total. The Morgan fingerprint density at radius 1 is 1.44 bits per heavy atom. The number of amides is 1. The normalized spacial score (nSPS) is 22.1. The van der Waals surface area contributed by atoms with Crippen molar-refractivity contribution in [1.82, 2.24) is 5.32 Å². The Morgan fingerprint density at radius 2 is 2.17 bits per heavy atom. The molecule has 1 amide bonds. The summed E-state index contributed by atoms with van der Waals surface area (Å²) in [6.45, 7) is 0.340. The van der Waals surface area contributed by atoms with Crippen LogP contribution in [0.5, 0.6) is 5.75 Å². The molecule has 1 aromatic rings. The Kier molecular flexibility index (Phi) is 4.15. The van der Waals surface area contributed by atoms with E-state index >= 15 is 0 Å². The van der Waals surface area contributed by atoms with Gasteiger partial charge in [0.15, 0.2) is 18.2 Å². The Balaban J connectivity index is 1.67. The van der Waals surface area contributed by atoms with Crippen molar-refractivity contribution in [2.45, 2.75) is 18.9 Å². The van der Waals surface area contributed by atoms with Crippen LogP contribution in [-0.4, -0.2) is 30.3 Å². The van der Waals surface area contributed by atoms with Gasteiger partial charge in [0.25, 0.3) is 5.91 Å². The molecule has 0 unspecified atom stereocenters. The molecule has 98 valence electrons. The number of carbonyl (C=O) groups excluding carboxylic acids is 1. The Bertz CT molecular complexity index is 418. The van der Waals surface area contributed by atoms with Crippen LogP contribution in [-0.2, 0) is 4.79 Å². The summed E-state index contributed by atoms with van der Waals surface area (Å²) in [5.74, 6) is -0.337. The maximum atomic E-state index is 13.2. The lowest BCUT2D eigenvalue weighted by Crippen LogP contribution is -2.40. The summed E-state index contributed by atoms with van der Waals surface area (Å²) in [6.07, 6.45) is 1.24. The summed E-state index contributed by atoms with van der Waals surface area (Å²) in [6, 6.07) is 5.96. The maximum absolute atomic E-state index is 13.2. The van der Waals surface area contributed by atoms with Crippen LogP contribution < -0.4 is 10.1 Å². The zero-order chi connectivity index (χ0) is 13.0. The fourth-order valence-corrected chi connectivity index (χ4v) is 1.88. The molecule has 1 fully saturated rings. The summed E-state index contributed by atoms with van der Waals surface area (Å²) in [4.78, 5) is 11.4. The van der Waals surface area contributed by atoms with Crippen molar-refractivity contribution in [2.24, 2.45) is 5.92 Å². The number of aliphatic hydroxyl groups excluding tert-OH is 1. The van der Waals surface area contributed by atoms with Crippen LogP contribution in [0.3, 0.4) is 0 Å². The summed E-state index contributed by atoms with van der Waals surface area (Å²) in [5, 5.41) is 11.8. The van der Waals surface area contributed by atoms with Gasteiger partial charge in [-0.3, -0.25) is 4.79 Å². The highest BCUT2D eigenvalue weighted by Gasteiger charge is 2.27. The second-order valence-electron chi connectivity index (χ2n) is 4.51. The molecule has 0 aliphatic heterocycles. The predicted octanol–water partition coefficient (Wildman–Crippen LogP) is 1.09. The first kappa shape index (κ1) is 12.8. The molecule has 18 heavy (non-hydrogen) atoms. The molecule has 1 aliphatic rings. The molecule has 0 aromatic heterocycles. The smallest absolute Gasteiger partial charge is 0.257 e. The quantitative estimate of drug-likeness (QED) is 0.826. The topological polar surface area (TPSA) is 58.6 Å². The van der Waals surface area contributed by atoms with Crippen molar-refractivity contribution in [3.05, 3.63) is 30.1 Å². The Hall–Kier alpha value is -1.62. The van der Waals surface area contributed by atoms with Gasteiger partial charge in [0.2, 0.25) is 0 Å². The minimum absolute atomic E-state index is 0.0757. The number of hydrogen-bond donors (Lipinski definition) is 2. The van der Waals surface area contributed by atoms with Crippen LogP contribution in [0.4, 0.5) is 4.39 Å². The molecule has 1 aromatic carbocycles. The molecule has 0 atom stereocenters. The standard InChI is InChI=1S/C13H16FNO3/c14-11-3-1-2-4-12(11)18-8-13(17)15-7-9-5-10(16)6-9/h1-4,9-10,16H,5-8H2,(H,15,17). The third kappa shape index (κ3) is 3.43. The van der Waals surface area contributed by atoms with E-state index in [1.807, 2.05) is 0 Å².